The highest BCUT2D eigenvalue weighted by Gasteiger charge is 2.18. The fourth-order valence-electron chi connectivity index (χ4n) is 2.77. The van der Waals surface area contributed by atoms with Gasteiger partial charge in [0.05, 0.1) is 12.2 Å². The summed E-state index contributed by atoms with van der Waals surface area (Å²) in [5.41, 5.74) is 6.04. The first-order valence-electron chi connectivity index (χ1n) is 7.08. The highest BCUT2D eigenvalue weighted by Crippen LogP contribution is 2.25. The van der Waals surface area contributed by atoms with E-state index in [1.807, 2.05) is 11.9 Å². The topological polar surface area (TPSA) is 58.4 Å². The Kier molecular flexibility index (Phi) is 4.95. The van der Waals surface area contributed by atoms with E-state index in [4.69, 9.17) is 5.73 Å². The molecule has 1 amide bonds. The fraction of sp³-hybridized carbons (Fsp3) is 0.533. The van der Waals surface area contributed by atoms with Crippen LogP contribution in [0.3, 0.4) is 0 Å². The van der Waals surface area contributed by atoms with Crippen LogP contribution in [0.4, 0.5) is 15.8 Å². The second kappa shape index (κ2) is 6.70. The molecule has 1 aliphatic rings. The number of carbonyl (C=O) groups excluding carboxylic acids is 1. The molecule has 1 aliphatic carbocycles. The van der Waals surface area contributed by atoms with Gasteiger partial charge in [0.1, 0.15) is 5.82 Å². The highest BCUT2D eigenvalue weighted by molar-refractivity contribution is 5.92. The van der Waals surface area contributed by atoms with Gasteiger partial charge in [0.25, 0.3) is 0 Å². The number of nitrogens with two attached hydrogens (primary N) is 1. The van der Waals surface area contributed by atoms with Crippen LogP contribution < -0.4 is 11.1 Å². The van der Waals surface area contributed by atoms with Gasteiger partial charge in [-0.3, -0.25) is 9.69 Å². The molecule has 20 heavy (non-hydrogen) atoms. The SMILES string of the molecule is CN(CC(=O)Nc1ccc(F)c(N)c1)CC1CCCC1. The van der Waals surface area contributed by atoms with Gasteiger partial charge in [-0.25, -0.2) is 4.39 Å². The maximum Gasteiger partial charge on any atom is 0.238 e. The lowest BCUT2D eigenvalue weighted by molar-refractivity contribution is -0.117. The first kappa shape index (κ1) is 14.8. The fourth-order valence-corrected chi connectivity index (χ4v) is 2.77. The molecule has 0 unspecified atom stereocenters. The molecule has 2 rings (SSSR count). The molecular weight excluding hydrogens is 257 g/mol. The third-order valence-electron chi connectivity index (χ3n) is 3.74. The molecular formula is C15H22FN3O. The summed E-state index contributed by atoms with van der Waals surface area (Å²) in [6.45, 7) is 1.30. The van der Waals surface area contributed by atoms with Gasteiger partial charge < -0.3 is 11.1 Å². The second-order valence-electron chi connectivity index (χ2n) is 5.63. The molecule has 0 heterocycles. The van der Waals surface area contributed by atoms with Crippen LogP contribution in [0.1, 0.15) is 25.7 Å². The standard InChI is InChI=1S/C15H22FN3O/c1-19(9-11-4-2-3-5-11)10-15(20)18-12-6-7-13(16)14(17)8-12/h6-8,11H,2-5,9-10,17H2,1H3,(H,18,20). The lowest BCUT2D eigenvalue weighted by Crippen LogP contribution is -2.33. The molecule has 4 nitrogen and oxygen atoms in total. The molecule has 5 heteroatoms. The minimum atomic E-state index is -0.471. The average molecular weight is 279 g/mol. The number of nitrogen functional groups attached to an aromatic ring is 1. The Labute approximate surface area is 119 Å². The van der Waals surface area contributed by atoms with Crippen LogP contribution in [-0.4, -0.2) is 30.9 Å². The van der Waals surface area contributed by atoms with Crippen LogP contribution >= 0.6 is 0 Å². The second-order valence-corrected chi connectivity index (χ2v) is 5.63. The van der Waals surface area contributed by atoms with E-state index in [1.165, 1.54) is 43.9 Å². The molecule has 0 aromatic heterocycles. The molecule has 0 bridgehead atoms. The predicted octanol–water partition coefficient (Wildman–Crippen LogP) is 2.47. The quantitative estimate of drug-likeness (QED) is 0.814. The van der Waals surface area contributed by atoms with Crippen LogP contribution in [-0.2, 0) is 4.79 Å². The first-order chi connectivity index (χ1) is 9.54. The number of rotatable bonds is 5. The van der Waals surface area contributed by atoms with Gasteiger partial charge >= 0.3 is 0 Å². The summed E-state index contributed by atoms with van der Waals surface area (Å²) in [6.07, 6.45) is 5.14. The van der Waals surface area contributed by atoms with Crippen molar-refractivity contribution in [2.24, 2.45) is 5.92 Å². The summed E-state index contributed by atoms with van der Waals surface area (Å²) in [7, 11) is 1.96. The molecule has 3 N–H and O–H groups in total. The van der Waals surface area contributed by atoms with E-state index >= 15 is 0 Å². The van der Waals surface area contributed by atoms with Gasteiger partial charge in [-0.15, -0.1) is 0 Å². The molecule has 1 aromatic rings. The van der Waals surface area contributed by atoms with Gasteiger partial charge in [-0.2, -0.15) is 0 Å². The Balaban J connectivity index is 1.80. The summed E-state index contributed by atoms with van der Waals surface area (Å²) in [6, 6.07) is 4.21. The van der Waals surface area contributed by atoms with Crippen LogP contribution in [0.5, 0.6) is 0 Å². The highest BCUT2D eigenvalue weighted by atomic mass is 19.1. The Bertz CT molecular complexity index is 472. The third-order valence-corrected chi connectivity index (χ3v) is 3.74. The summed E-state index contributed by atoms with van der Waals surface area (Å²) in [4.78, 5) is 13.9. The number of carbonyl (C=O) groups is 1. The molecule has 1 aromatic carbocycles. The van der Waals surface area contributed by atoms with E-state index in [2.05, 4.69) is 5.32 Å². The number of hydrogen-bond acceptors (Lipinski definition) is 3. The van der Waals surface area contributed by atoms with E-state index in [9.17, 15) is 9.18 Å². The Morgan fingerprint density at radius 1 is 1.45 bits per heavy atom. The zero-order chi connectivity index (χ0) is 14.5. The van der Waals surface area contributed by atoms with Gasteiger partial charge in [0.15, 0.2) is 0 Å². The Morgan fingerprint density at radius 3 is 2.80 bits per heavy atom. The van der Waals surface area contributed by atoms with Crippen molar-refractivity contribution in [3.63, 3.8) is 0 Å². The van der Waals surface area contributed by atoms with Crippen LogP contribution in [0.15, 0.2) is 18.2 Å². The third kappa shape index (κ3) is 4.20. The van der Waals surface area contributed by atoms with Crippen molar-refractivity contribution in [1.82, 2.24) is 4.90 Å². The molecule has 0 atom stereocenters. The number of nitrogens with zero attached hydrogens (tertiary/aromatic N) is 1. The molecule has 0 spiro atoms. The van der Waals surface area contributed by atoms with E-state index in [1.54, 1.807) is 0 Å². The van der Waals surface area contributed by atoms with Gasteiger partial charge in [-0.1, -0.05) is 12.8 Å². The zero-order valence-corrected chi connectivity index (χ0v) is 11.9. The van der Waals surface area contributed by atoms with Crippen LogP contribution in [0.2, 0.25) is 0 Å². The predicted molar refractivity (Wildman–Crippen MR) is 78.9 cm³/mol. The molecule has 110 valence electrons. The smallest absolute Gasteiger partial charge is 0.238 e. The minimum Gasteiger partial charge on any atom is -0.396 e. The number of likely N-dealkylation sites (N-methyl/N-ethyl adjacent to an activating group) is 1. The number of benzene rings is 1. The molecule has 1 fully saturated rings. The van der Waals surface area contributed by atoms with Crippen molar-refractivity contribution in [3.05, 3.63) is 24.0 Å². The number of nitrogens with one attached hydrogen (secondary N) is 1. The van der Waals surface area contributed by atoms with Crippen molar-refractivity contribution < 1.29 is 9.18 Å². The maximum absolute atomic E-state index is 13.0. The zero-order valence-electron chi connectivity index (χ0n) is 11.9. The number of hydrogen-bond donors (Lipinski definition) is 2. The lowest BCUT2D eigenvalue weighted by atomic mass is 10.1. The number of amides is 1. The summed E-state index contributed by atoms with van der Waals surface area (Å²) in [5.74, 6) is 0.145. The first-order valence-corrected chi connectivity index (χ1v) is 7.08. The van der Waals surface area contributed by atoms with Gasteiger partial charge in [0, 0.05) is 12.2 Å². The molecule has 0 aliphatic heterocycles. The summed E-state index contributed by atoms with van der Waals surface area (Å²) >= 11 is 0. The Hall–Kier alpha value is -1.62. The van der Waals surface area contributed by atoms with E-state index < -0.39 is 5.82 Å². The molecule has 1 saturated carbocycles. The monoisotopic (exact) mass is 279 g/mol. The average Bonchev–Trinajstić information content (AvgIpc) is 2.86. The molecule has 0 saturated heterocycles. The lowest BCUT2D eigenvalue weighted by Gasteiger charge is -2.20. The van der Waals surface area contributed by atoms with Crippen molar-refractivity contribution in [2.45, 2.75) is 25.7 Å². The van der Waals surface area contributed by atoms with Crippen LogP contribution in [0.25, 0.3) is 0 Å². The molecule has 0 radical (unpaired) electrons. The Morgan fingerprint density at radius 2 is 2.15 bits per heavy atom. The van der Waals surface area contributed by atoms with Crippen molar-refractivity contribution in [1.29, 1.82) is 0 Å². The van der Waals surface area contributed by atoms with Crippen LogP contribution in [0, 0.1) is 11.7 Å². The number of halogens is 1. The van der Waals surface area contributed by atoms with Gasteiger partial charge in [0.2, 0.25) is 5.91 Å². The summed E-state index contributed by atoms with van der Waals surface area (Å²) in [5, 5.41) is 2.74. The number of anilines is 2. The van der Waals surface area contributed by atoms with Gasteiger partial charge in [-0.05, 0) is 44.0 Å². The van der Waals surface area contributed by atoms with E-state index in [-0.39, 0.29) is 11.6 Å². The van der Waals surface area contributed by atoms with Crippen molar-refractivity contribution in [3.8, 4) is 0 Å². The normalized spacial score (nSPS) is 15.8. The van der Waals surface area contributed by atoms with Crippen molar-refractivity contribution >= 4 is 17.3 Å². The largest absolute Gasteiger partial charge is 0.396 e. The van der Waals surface area contributed by atoms with E-state index in [0.29, 0.717) is 18.2 Å². The maximum atomic E-state index is 13.0. The van der Waals surface area contributed by atoms with Crippen molar-refractivity contribution in [2.75, 3.05) is 31.2 Å². The summed E-state index contributed by atoms with van der Waals surface area (Å²) < 4.78 is 13.0. The minimum absolute atomic E-state index is 0.0436. The van der Waals surface area contributed by atoms with E-state index in [0.717, 1.165) is 6.54 Å².